The number of benzene rings is 2. The molecule has 0 amide bonds. The topological polar surface area (TPSA) is 71.1 Å². The number of carbonyl (C=O) groups excluding carboxylic acids is 2. The first-order chi connectivity index (χ1) is 14.9. The third-order valence-electron chi connectivity index (χ3n) is 4.95. The van der Waals surface area contributed by atoms with Gasteiger partial charge < -0.3 is 18.9 Å². The molecule has 0 aromatic heterocycles. The zero-order valence-corrected chi connectivity index (χ0v) is 19.3. The van der Waals surface area contributed by atoms with Crippen molar-refractivity contribution in [1.82, 2.24) is 0 Å². The summed E-state index contributed by atoms with van der Waals surface area (Å²) in [6.45, 7) is 1.32. The van der Waals surface area contributed by atoms with Gasteiger partial charge in [0.25, 0.3) is 0 Å². The molecule has 3 rings (SSSR count). The molecule has 0 radical (unpaired) electrons. The van der Waals surface area contributed by atoms with Gasteiger partial charge in [-0.05, 0) is 46.1 Å². The Kier molecular flexibility index (Phi) is 7.17. The SMILES string of the molecule is COc1cc(C2=C(OC(C)=O)C=CC(=O)C2Cc2ccccc2)c(Br)c(OC)c1OC. The molecule has 0 aliphatic heterocycles. The fourth-order valence-corrected chi connectivity index (χ4v) is 4.28. The Morgan fingerprint density at radius 1 is 1.00 bits per heavy atom. The van der Waals surface area contributed by atoms with Gasteiger partial charge in [-0.3, -0.25) is 9.59 Å². The lowest BCUT2D eigenvalue weighted by molar-refractivity contribution is -0.136. The summed E-state index contributed by atoms with van der Waals surface area (Å²) >= 11 is 3.59. The highest BCUT2D eigenvalue weighted by Gasteiger charge is 2.33. The average molecular weight is 487 g/mol. The molecule has 0 N–H and O–H groups in total. The smallest absolute Gasteiger partial charge is 0.308 e. The fourth-order valence-electron chi connectivity index (χ4n) is 3.61. The van der Waals surface area contributed by atoms with Crippen LogP contribution in [0.15, 0.2) is 58.8 Å². The summed E-state index contributed by atoms with van der Waals surface area (Å²) < 4.78 is 22.6. The van der Waals surface area contributed by atoms with Crippen molar-refractivity contribution in [3.05, 3.63) is 69.9 Å². The van der Waals surface area contributed by atoms with Crippen LogP contribution in [0.25, 0.3) is 5.57 Å². The first-order valence-electron chi connectivity index (χ1n) is 9.58. The maximum absolute atomic E-state index is 13.0. The number of ketones is 1. The molecule has 0 saturated heterocycles. The van der Waals surface area contributed by atoms with Crippen molar-refractivity contribution in [3.8, 4) is 17.2 Å². The van der Waals surface area contributed by atoms with Crippen LogP contribution in [0, 0.1) is 5.92 Å². The van der Waals surface area contributed by atoms with E-state index in [0.717, 1.165) is 5.56 Å². The zero-order chi connectivity index (χ0) is 22.5. The lowest BCUT2D eigenvalue weighted by Crippen LogP contribution is -2.23. The molecule has 2 aromatic carbocycles. The van der Waals surface area contributed by atoms with Gasteiger partial charge in [0.05, 0.1) is 31.7 Å². The predicted octanol–water partition coefficient (Wildman–Crippen LogP) is 4.75. The molecule has 6 nitrogen and oxygen atoms in total. The van der Waals surface area contributed by atoms with E-state index in [2.05, 4.69) is 15.9 Å². The van der Waals surface area contributed by atoms with Crippen molar-refractivity contribution in [2.75, 3.05) is 21.3 Å². The number of halogens is 1. The fraction of sp³-hybridized carbons (Fsp3) is 0.250. The number of allylic oxidation sites excluding steroid dienone is 3. The molecule has 0 spiro atoms. The van der Waals surface area contributed by atoms with E-state index in [0.29, 0.717) is 45.0 Å². The molecule has 7 heteroatoms. The average Bonchev–Trinajstić information content (AvgIpc) is 2.76. The summed E-state index contributed by atoms with van der Waals surface area (Å²) in [6, 6.07) is 11.4. The highest BCUT2D eigenvalue weighted by molar-refractivity contribution is 9.10. The third kappa shape index (κ3) is 4.66. The number of esters is 1. The molecule has 1 aliphatic carbocycles. The maximum atomic E-state index is 13.0. The maximum Gasteiger partial charge on any atom is 0.308 e. The number of ether oxygens (including phenoxy) is 4. The van der Waals surface area contributed by atoms with E-state index in [1.807, 2.05) is 30.3 Å². The second-order valence-corrected chi connectivity index (χ2v) is 7.65. The quantitative estimate of drug-likeness (QED) is 0.526. The van der Waals surface area contributed by atoms with Crippen molar-refractivity contribution < 1.29 is 28.5 Å². The normalized spacial score (nSPS) is 15.6. The van der Waals surface area contributed by atoms with E-state index in [1.165, 1.54) is 40.4 Å². The Labute approximate surface area is 189 Å². The van der Waals surface area contributed by atoms with Crippen molar-refractivity contribution >= 4 is 33.3 Å². The molecular weight excluding hydrogens is 464 g/mol. The van der Waals surface area contributed by atoms with Crippen LogP contribution in [0.3, 0.4) is 0 Å². The Morgan fingerprint density at radius 2 is 1.68 bits per heavy atom. The highest BCUT2D eigenvalue weighted by Crippen LogP contribution is 2.49. The lowest BCUT2D eigenvalue weighted by atomic mass is 9.80. The molecule has 2 aromatic rings. The van der Waals surface area contributed by atoms with Crippen LogP contribution in [0.4, 0.5) is 0 Å². The van der Waals surface area contributed by atoms with Gasteiger partial charge >= 0.3 is 5.97 Å². The number of hydrogen-bond donors (Lipinski definition) is 0. The van der Waals surface area contributed by atoms with Gasteiger partial charge in [0.15, 0.2) is 17.3 Å². The number of methoxy groups -OCH3 is 3. The van der Waals surface area contributed by atoms with Crippen LogP contribution in [-0.4, -0.2) is 33.1 Å². The number of carbonyl (C=O) groups is 2. The Bertz CT molecular complexity index is 1060. The van der Waals surface area contributed by atoms with Crippen molar-refractivity contribution in [3.63, 3.8) is 0 Å². The van der Waals surface area contributed by atoms with Crippen molar-refractivity contribution in [2.24, 2.45) is 5.92 Å². The summed E-state index contributed by atoms with van der Waals surface area (Å²) in [5.41, 5.74) is 2.17. The van der Waals surface area contributed by atoms with E-state index >= 15 is 0 Å². The minimum Gasteiger partial charge on any atom is -0.493 e. The van der Waals surface area contributed by atoms with Crippen LogP contribution in [0.1, 0.15) is 18.1 Å². The standard InChI is InChI=1S/C24H23BrO6/c1-14(26)31-19-11-10-18(27)16(12-15-8-6-5-7-9-15)21(19)17-13-20(28-2)23(29-3)24(30-4)22(17)25/h5-11,13,16H,12H2,1-4H3. The number of hydrogen-bond acceptors (Lipinski definition) is 6. The van der Waals surface area contributed by atoms with Gasteiger partial charge in [-0.25, -0.2) is 0 Å². The van der Waals surface area contributed by atoms with Crippen LogP contribution in [-0.2, 0) is 20.7 Å². The van der Waals surface area contributed by atoms with E-state index in [-0.39, 0.29) is 5.78 Å². The van der Waals surface area contributed by atoms with Gasteiger partial charge in [-0.2, -0.15) is 0 Å². The number of rotatable bonds is 7. The first-order valence-corrected chi connectivity index (χ1v) is 10.4. The molecule has 1 aliphatic rings. The van der Waals surface area contributed by atoms with E-state index < -0.39 is 11.9 Å². The molecule has 31 heavy (non-hydrogen) atoms. The monoisotopic (exact) mass is 486 g/mol. The molecule has 0 fully saturated rings. The van der Waals surface area contributed by atoms with E-state index in [1.54, 1.807) is 6.07 Å². The van der Waals surface area contributed by atoms with Crippen LogP contribution < -0.4 is 14.2 Å². The molecule has 0 bridgehead atoms. The summed E-state index contributed by atoms with van der Waals surface area (Å²) in [5.74, 6) is 0.417. The van der Waals surface area contributed by atoms with Gasteiger partial charge in [0.1, 0.15) is 5.76 Å². The van der Waals surface area contributed by atoms with Gasteiger partial charge in [-0.15, -0.1) is 0 Å². The van der Waals surface area contributed by atoms with Crippen molar-refractivity contribution in [1.29, 1.82) is 0 Å². The van der Waals surface area contributed by atoms with Gasteiger partial charge in [-0.1, -0.05) is 30.3 Å². The van der Waals surface area contributed by atoms with Gasteiger partial charge in [0, 0.05) is 18.1 Å². The molecule has 0 heterocycles. The molecule has 162 valence electrons. The van der Waals surface area contributed by atoms with E-state index in [9.17, 15) is 9.59 Å². The van der Waals surface area contributed by atoms with Crippen LogP contribution in [0.5, 0.6) is 17.2 Å². The second kappa shape index (κ2) is 9.83. The molecule has 1 atom stereocenters. The Hall–Kier alpha value is -3.06. The summed E-state index contributed by atoms with van der Waals surface area (Å²) in [5, 5.41) is 0. The Balaban J connectivity index is 2.27. The molecular formula is C24H23BrO6. The molecule has 0 saturated carbocycles. The predicted molar refractivity (Wildman–Crippen MR) is 120 cm³/mol. The highest BCUT2D eigenvalue weighted by atomic mass is 79.9. The summed E-state index contributed by atoms with van der Waals surface area (Å²) in [4.78, 5) is 24.8. The van der Waals surface area contributed by atoms with E-state index in [4.69, 9.17) is 18.9 Å². The van der Waals surface area contributed by atoms with Gasteiger partial charge in [0.2, 0.25) is 5.75 Å². The second-order valence-electron chi connectivity index (χ2n) is 6.86. The van der Waals surface area contributed by atoms with Crippen LogP contribution in [0.2, 0.25) is 0 Å². The molecule has 1 unspecified atom stereocenters. The minimum atomic E-state index is -0.569. The summed E-state index contributed by atoms with van der Waals surface area (Å²) in [6.07, 6.45) is 3.41. The Morgan fingerprint density at radius 3 is 2.26 bits per heavy atom. The first kappa shape index (κ1) is 22.6. The zero-order valence-electron chi connectivity index (χ0n) is 17.7. The third-order valence-corrected chi connectivity index (χ3v) is 5.74. The minimum absolute atomic E-state index is 0.0876. The summed E-state index contributed by atoms with van der Waals surface area (Å²) in [7, 11) is 4.55. The largest absolute Gasteiger partial charge is 0.493 e. The lowest BCUT2D eigenvalue weighted by Gasteiger charge is -2.26. The van der Waals surface area contributed by atoms with Crippen LogP contribution >= 0.6 is 15.9 Å². The van der Waals surface area contributed by atoms with Crippen molar-refractivity contribution in [2.45, 2.75) is 13.3 Å².